The molecule has 1 heterocycles. The molecule has 1 amide bonds. The van der Waals surface area contributed by atoms with Crippen molar-refractivity contribution < 1.29 is 13.6 Å². The van der Waals surface area contributed by atoms with Gasteiger partial charge in [-0.15, -0.1) is 0 Å². The molecule has 3 aromatic rings. The third-order valence-electron chi connectivity index (χ3n) is 4.02. The van der Waals surface area contributed by atoms with Crippen LogP contribution in [-0.4, -0.2) is 10.9 Å². The zero-order chi connectivity index (χ0) is 17.4. The highest BCUT2D eigenvalue weighted by atomic mass is 19.1. The molecule has 2 aromatic carbocycles. The van der Waals surface area contributed by atoms with E-state index in [1.807, 2.05) is 6.92 Å². The molecule has 1 aromatic heterocycles. The van der Waals surface area contributed by atoms with Crippen LogP contribution in [0, 0.1) is 25.5 Å². The summed E-state index contributed by atoms with van der Waals surface area (Å²) in [6.45, 7) is 3.56. The van der Waals surface area contributed by atoms with Crippen LogP contribution in [0.4, 0.5) is 14.5 Å². The molecule has 3 rings (SSSR count). The number of pyridine rings is 1. The molecule has 0 saturated carbocycles. The van der Waals surface area contributed by atoms with Gasteiger partial charge in [-0.25, -0.2) is 8.78 Å². The van der Waals surface area contributed by atoms with Crippen molar-refractivity contribution in [2.45, 2.75) is 13.8 Å². The van der Waals surface area contributed by atoms with E-state index in [1.54, 1.807) is 25.1 Å². The van der Waals surface area contributed by atoms with Crippen LogP contribution in [0.25, 0.3) is 10.9 Å². The number of carbonyl (C=O) groups is 1. The largest absolute Gasteiger partial charge is 0.322 e. The van der Waals surface area contributed by atoms with Crippen molar-refractivity contribution in [3.05, 3.63) is 75.1 Å². The van der Waals surface area contributed by atoms with E-state index in [1.165, 1.54) is 6.07 Å². The van der Waals surface area contributed by atoms with Crippen LogP contribution in [0.15, 0.2) is 41.2 Å². The third-order valence-corrected chi connectivity index (χ3v) is 4.02. The van der Waals surface area contributed by atoms with Gasteiger partial charge in [0.25, 0.3) is 11.5 Å². The van der Waals surface area contributed by atoms with Crippen molar-refractivity contribution in [2.75, 3.05) is 5.32 Å². The number of carbonyl (C=O) groups excluding carboxylic acids is 1. The average molecular weight is 328 g/mol. The summed E-state index contributed by atoms with van der Waals surface area (Å²) in [4.78, 5) is 26.7. The minimum absolute atomic E-state index is 0.219. The fourth-order valence-corrected chi connectivity index (χ4v) is 2.55. The van der Waals surface area contributed by atoms with Gasteiger partial charge in [0.2, 0.25) is 0 Å². The molecule has 0 aliphatic carbocycles. The molecule has 4 nitrogen and oxygen atoms in total. The van der Waals surface area contributed by atoms with Gasteiger partial charge in [-0.2, -0.15) is 0 Å². The van der Waals surface area contributed by atoms with Gasteiger partial charge in [-0.1, -0.05) is 12.1 Å². The van der Waals surface area contributed by atoms with Gasteiger partial charge < -0.3 is 10.3 Å². The summed E-state index contributed by atoms with van der Waals surface area (Å²) in [5, 5.41) is 3.28. The Hall–Kier alpha value is -3.02. The Balaban J connectivity index is 2.01. The lowest BCUT2D eigenvalue weighted by Crippen LogP contribution is -2.16. The minimum Gasteiger partial charge on any atom is -0.322 e. The van der Waals surface area contributed by atoms with E-state index < -0.39 is 23.1 Å². The van der Waals surface area contributed by atoms with Gasteiger partial charge in [0.15, 0.2) is 0 Å². The van der Waals surface area contributed by atoms with Crippen LogP contribution < -0.4 is 10.9 Å². The lowest BCUT2D eigenvalue weighted by Gasteiger charge is -2.10. The predicted molar refractivity (Wildman–Crippen MR) is 88.4 cm³/mol. The molecule has 0 aliphatic heterocycles. The number of fused-ring (bicyclic) bond motifs is 1. The molecular weight excluding hydrogens is 314 g/mol. The molecule has 0 spiro atoms. The lowest BCUT2D eigenvalue weighted by molar-refractivity contribution is 0.101. The van der Waals surface area contributed by atoms with E-state index in [0.29, 0.717) is 16.8 Å². The molecule has 0 atom stereocenters. The van der Waals surface area contributed by atoms with Crippen molar-refractivity contribution in [3.63, 3.8) is 0 Å². The maximum absolute atomic E-state index is 13.7. The summed E-state index contributed by atoms with van der Waals surface area (Å²) in [5.41, 5.74) is 1.46. The van der Waals surface area contributed by atoms with E-state index in [9.17, 15) is 18.4 Å². The first-order chi connectivity index (χ1) is 11.4. The maximum atomic E-state index is 13.7. The van der Waals surface area contributed by atoms with Crippen LogP contribution in [0.5, 0.6) is 0 Å². The summed E-state index contributed by atoms with van der Waals surface area (Å²) in [7, 11) is 0. The van der Waals surface area contributed by atoms with E-state index in [-0.39, 0.29) is 5.56 Å². The van der Waals surface area contributed by atoms with E-state index >= 15 is 0 Å². The first-order valence-corrected chi connectivity index (χ1v) is 7.27. The SMILES string of the molecule is Cc1c(C)c2ccc(NC(=O)c3c(F)cccc3F)cc2[nH]c1=O. The predicted octanol–water partition coefficient (Wildman–Crippen LogP) is 3.68. The van der Waals surface area contributed by atoms with Crippen LogP contribution in [0.1, 0.15) is 21.5 Å². The standard InChI is InChI=1S/C18H14F2N2O2/c1-9-10(2)17(23)22-15-8-11(6-7-12(9)15)21-18(24)16-13(19)4-3-5-14(16)20/h3-8H,1-2H3,(H,21,24)(H,22,23). The Bertz CT molecular complexity index is 1010. The molecule has 0 saturated heterocycles. The Morgan fingerprint density at radius 3 is 2.38 bits per heavy atom. The summed E-state index contributed by atoms with van der Waals surface area (Å²) < 4.78 is 27.3. The summed E-state index contributed by atoms with van der Waals surface area (Å²) in [5.74, 6) is -2.77. The topological polar surface area (TPSA) is 62.0 Å². The molecule has 0 bridgehead atoms. The Labute approximate surface area is 136 Å². The van der Waals surface area contributed by atoms with Crippen molar-refractivity contribution in [3.8, 4) is 0 Å². The van der Waals surface area contributed by atoms with Gasteiger partial charge in [-0.05, 0) is 43.7 Å². The number of aromatic amines is 1. The number of amides is 1. The van der Waals surface area contributed by atoms with Crippen molar-refractivity contribution in [1.29, 1.82) is 0 Å². The van der Waals surface area contributed by atoms with Crippen LogP contribution in [0.2, 0.25) is 0 Å². The second-order valence-electron chi connectivity index (χ2n) is 5.52. The number of benzene rings is 2. The Kier molecular flexibility index (Phi) is 3.89. The number of nitrogens with one attached hydrogen (secondary N) is 2. The monoisotopic (exact) mass is 328 g/mol. The quantitative estimate of drug-likeness (QED) is 0.754. The zero-order valence-corrected chi connectivity index (χ0v) is 13.0. The highest BCUT2D eigenvalue weighted by molar-refractivity contribution is 6.05. The number of H-pyrrole nitrogens is 1. The molecule has 0 radical (unpaired) electrons. The van der Waals surface area contributed by atoms with E-state index in [0.717, 1.165) is 23.1 Å². The highest BCUT2D eigenvalue weighted by Gasteiger charge is 2.17. The van der Waals surface area contributed by atoms with Gasteiger partial charge in [0.05, 0.1) is 5.52 Å². The number of hydrogen-bond acceptors (Lipinski definition) is 2. The van der Waals surface area contributed by atoms with Gasteiger partial charge in [-0.3, -0.25) is 9.59 Å². The number of aromatic nitrogens is 1. The molecule has 0 unspecified atom stereocenters. The molecular formula is C18H14F2N2O2. The second-order valence-corrected chi connectivity index (χ2v) is 5.52. The molecule has 0 fully saturated rings. The number of rotatable bonds is 2. The van der Waals surface area contributed by atoms with Gasteiger partial charge in [0, 0.05) is 16.6 Å². The molecule has 122 valence electrons. The van der Waals surface area contributed by atoms with Crippen molar-refractivity contribution >= 4 is 22.5 Å². The van der Waals surface area contributed by atoms with Crippen LogP contribution in [-0.2, 0) is 0 Å². The second kappa shape index (κ2) is 5.88. The number of anilines is 1. The maximum Gasteiger partial charge on any atom is 0.261 e. The third kappa shape index (κ3) is 2.67. The average Bonchev–Trinajstić information content (AvgIpc) is 2.52. The molecule has 24 heavy (non-hydrogen) atoms. The smallest absolute Gasteiger partial charge is 0.261 e. The summed E-state index contributed by atoms with van der Waals surface area (Å²) in [6.07, 6.45) is 0. The normalized spacial score (nSPS) is 10.8. The first kappa shape index (κ1) is 15.9. The van der Waals surface area contributed by atoms with Crippen LogP contribution in [0.3, 0.4) is 0 Å². The minimum atomic E-state index is -0.937. The van der Waals surface area contributed by atoms with Gasteiger partial charge in [0.1, 0.15) is 17.2 Å². The van der Waals surface area contributed by atoms with E-state index in [4.69, 9.17) is 0 Å². The molecule has 6 heteroatoms. The van der Waals surface area contributed by atoms with Crippen molar-refractivity contribution in [1.82, 2.24) is 4.98 Å². The summed E-state index contributed by atoms with van der Waals surface area (Å²) in [6, 6.07) is 8.13. The molecule has 2 N–H and O–H groups in total. The fraction of sp³-hybridized carbons (Fsp3) is 0.111. The first-order valence-electron chi connectivity index (χ1n) is 7.27. The zero-order valence-electron chi connectivity index (χ0n) is 13.0. The van der Waals surface area contributed by atoms with E-state index in [2.05, 4.69) is 10.3 Å². The highest BCUT2D eigenvalue weighted by Crippen LogP contribution is 2.22. The Morgan fingerprint density at radius 1 is 1.04 bits per heavy atom. The number of aryl methyl sites for hydroxylation is 1. The summed E-state index contributed by atoms with van der Waals surface area (Å²) >= 11 is 0. The molecule has 0 aliphatic rings. The number of hydrogen-bond donors (Lipinski definition) is 2. The Morgan fingerprint density at radius 2 is 1.71 bits per heavy atom. The number of halogens is 2. The fourth-order valence-electron chi connectivity index (χ4n) is 2.55. The van der Waals surface area contributed by atoms with Gasteiger partial charge >= 0.3 is 0 Å². The van der Waals surface area contributed by atoms with Crippen LogP contribution >= 0.6 is 0 Å². The van der Waals surface area contributed by atoms with Crippen molar-refractivity contribution in [2.24, 2.45) is 0 Å². The lowest BCUT2D eigenvalue weighted by atomic mass is 10.1.